The Labute approximate surface area is 141 Å². The Morgan fingerprint density at radius 2 is 1.96 bits per heavy atom. The molecule has 1 aromatic carbocycles. The van der Waals surface area contributed by atoms with E-state index in [0.29, 0.717) is 12.2 Å². The lowest BCUT2D eigenvalue weighted by atomic mass is 10.1. The molecule has 1 heterocycles. The molecule has 0 aliphatic carbocycles. The molecule has 0 unspecified atom stereocenters. The zero-order chi connectivity index (χ0) is 16.7. The second-order valence-electron chi connectivity index (χ2n) is 5.48. The van der Waals surface area contributed by atoms with E-state index < -0.39 is 0 Å². The first-order valence-corrected chi connectivity index (χ1v) is 7.80. The van der Waals surface area contributed by atoms with Crippen LogP contribution in [-0.4, -0.2) is 42.6 Å². The van der Waals surface area contributed by atoms with Gasteiger partial charge in [0.2, 0.25) is 0 Å². The molecule has 0 bridgehead atoms. The molecule has 2 amide bonds. The van der Waals surface area contributed by atoms with E-state index in [1.165, 1.54) is 5.56 Å². The number of pyridine rings is 1. The van der Waals surface area contributed by atoms with Crippen molar-refractivity contribution in [2.24, 2.45) is 0 Å². The molecule has 0 aliphatic heterocycles. The zero-order valence-electron chi connectivity index (χ0n) is 13.3. The average molecular weight is 333 g/mol. The minimum atomic E-state index is -0.292. The molecule has 2 N–H and O–H groups in total. The van der Waals surface area contributed by atoms with Crippen LogP contribution in [0.3, 0.4) is 0 Å². The molecule has 1 atom stereocenters. The van der Waals surface area contributed by atoms with Crippen molar-refractivity contribution in [2.45, 2.75) is 12.5 Å². The quantitative estimate of drug-likeness (QED) is 0.799. The Balaban J connectivity index is 1.88. The largest absolute Gasteiger partial charge is 0.336 e. The van der Waals surface area contributed by atoms with Gasteiger partial charge in [0, 0.05) is 18.8 Å². The van der Waals surface area contributed by atoms with E-state index in [1.807, 2.05) is 32.3 Å². The van der Waals surface area contributed by atoms with E-state index in [-0.39, 0.29) is 17.2 Å². The molecule has 5 nitrogen and oxygen atoms in total. The predicted molar refractivity (Wildman–Crippen MR) is 93.9 cm³/mol. The molecule has 0 saturated heterocycles. The fourth-order valence-electron chi connectivity index (χ4n) is 2.18. The summed E-state index contributed by atoms with van der Waals surface area (Å²) in [7, 11) is 4.01. The van der Waals surface area contributed by atoms with Crippen LogP contribution in [0.4, 0.5) is 10.5 Å². The van der Waals surface area contributed by atoms with Gasteiger partial charge in [0.05, 0.1) is 5.69 Å². The number of rotatable bonds is 6. The van der Waals surface area contributed by atoms with Gasteiger partial charge < -0.3 is 15.5 Å². The lowest BCUT2D eigenvalue weighted by molar-refractivity contribution is 0.242. The van der Waals surface area contributed by atoms with Gasteiger partial charge in [-0.25, -0.2) is 9.78 Å². The van der Waals surface area contributed by atoms with E-state index in [0.717, 1.165) is 6.42 Å². The molecule has 23 heavy (non-hydrogen) atoms. The third kappa shape index (κ3) is 5.54. The highest BCUT2D eigenvalue weighted by Gasteiger charge is 2.14. The van der Waals surface area contributed by atoms with E-state index in [2.05, 4.69) is 32.7 Å². The summed E-state index contributed by atoms with van der Waals surface area (Å²) in [4.78, 5) is 18.0. The Morgan fingerprint density at radius 3 is 2.61 bits per heavy atom. The van der Waals surface area contributed by atoms with E-state index >= 15 is 0 Å². The number of likely N-dealkylation sites (N-methyl/N-ethyl adjacent to an activating group) is 1. The summed E-state index contributed by atoms with van der Waals surface area (Å²) < 4.78 is 0. The molecule has 2 aromatic rings. The summed E-state index contributed by atoms with van der Waals surface area (Å²) in [5, 5.41) is 5.86. The van der Waals surface area contributed by atoms with Crippen LogP contribution in [0.5, 0.6) is 0 Å². The van der Waals surface area contributed by atoms with Crippen LogP contribution in [0.25, 0.3) is 0 Å². The maximum Gasteiger partial charge on any atom is 0.319 e. The zero-order valence-corrected chi connectivity index (χ0v) is 14.0. The number of benzene rings is 1. The normalized spacial score (nSPS) is 12.0. The van der Waals surface area contributed by atoms with Crippen LogP contribution in [0.15, 0.2) is 48.7 Å². The molecule has 0 radical (unpaired) electrons. The summed E-state index contributed by atoms with van der Waals surface area (Å²) in [6.07, 6.45) is 2.44. The van der Waals surface area contributed by atoms with Gasteiger partial charge in [-0.05, 0) is 38.2 Å². The van der Waals surface area contributed by atoms with Gasteiger partial charge in [-0.3, -0.25) is 0 Å². The lowest BCUT2D eigenvalue weighted by Crippen LogP contribution is -2.43. The molecule has 0 fully saturated rings. The van der Waals surface area contributed by atoms with Crippen LogP contribution in [0.2, 0.25) is 5.15 Å². The first-order chi connectivity index (χ1) is 11.1. The Bertz CT molecular complexity index is 634. The average Bonchev–Trinajstić information content (AvgIpc) is 2.54. The number of hydrogen-bond acceptors (Lipinski definition) is 3. The summed E-state index contributed by atoms with van der Waals surface area (Å²) in [5.41, 5.74) is 1.74. The Kier molecular flexibility index (Phi) is 6.38. The number of hydrogen-bond donors (Lipinski definition) is 2. The highest BCUT2D eigenvalue weighted by molar-refractivity contribution is 6.32. The van der Waals surface area contributed by atoms with Crippen molar-refractivity contribution in [1.29, 1.82) is 0 Å². The third-order valence-electron chi connectivity index (χ3n) is 3.55. The number of aromatic nitrogens is 1. The summed E-state index contributed by atoms with van der Waals surface area (Å²) in [5.74, 6) is 0. The highest BCUT2D eigenvalue weighted by Crippen LogP contribution is 2.17. The van der Waals surface area contributed by atoms with Crippen LogP contribution in [0, 0.1) is 0 Å². The van der Waals surface area contributed by atoms with Gasteiger partial charge in [-0.1, -0.05) is 41.9 Å². The molecular formula is C17H21ClN4O. The number of amides is 2. The lowest BCUT2D eigenvalue weighted by Gasteiger charge is -2.25. The van der Waals surface area contributed by atoms with Crippen LogP contribution < -0.4 is 10.6 Å². The summed E-state index contributed by atoms with van der Waals surface area (Å²) in [6.45, 7) is 0.533. The molecule has 0 aliphatic rings. The Hall–Kier alpha value is -2.11. The van der Waals surface area contributed by atoms with Crippen molar-refractivity contribution in [3.05, 3.63) is 59.4 Å². The molecule has 2 rings (SSSR count). The van der Waals surface area contributed by atoms with Crippen molar-refractivity contribution in [2.75, 3.05) is 26.0 Å². The number of carbonyl (C=O) groups excluding carboxylic acids is 1. The second kappa shape index (κ2) is 8.50. The number of carbonyl (C=O) groups is 1. The molecule has 6 heteroatoms. The molecule has 122 valence electrons. The van der Waals surface area contributed by atoms with Crippen LogP contribution >= 0.6 is 11.6 Å². The second-order valence-corrected chi connectivity index (χ2v) is 5.84. The summed E-state index contributed by atoms with van der Waals surface area (Å²) >= 11 is 5.93. The van der Waals surface area contributed by atoms with Crippen LogP contribution in [-0.2, 0) is 6.42 Å². The minimum Gasteiger partial charge on any atom is -0.336 e. The fraction of sp³-hybridized carbons (Fsp3) is 0.294. The molecular weight excluding hydrogens is 312 g/mol. The van der Waals surface area contributed by atoms with Crippen molar-refractivity contribution in [3.8, 4) is 0 Å². The number of nitrogens with zero attached hydrogens (tertiary/aromatic N) is 2. The summed E-state index contributed by atoms with van der Waals surface area (Å²) in [6, 6.07) is 13.6. The maximum absolute atomic E-state index is 12.0. The molecule has 1 aromatic heterocycles. The van der Waals surface area contributed by atoms with Gasteiger partial charge in [-0.2, -0.15) is 0 Å². The van der Waals surface area contributed by atoms with Gasteiger partial charge >= 0.3 is 6.03 Å². The van der Waals surface area contributed by atoms with Gasteiger partial charge in [0.1, 0.15) is 0 Å². The van der Waals surface area contributed by atoms with Crippen molar-refractivity contribution < 1.29 is 4.79 Å². The fourth-order valence-corrected chi connectivity index (χ4v) is 2.35. The van der Waals surface area contributed by atoms with Gasteiger partial charge in [-0.15, -0.1) is 0 Å². The first kappa shape index (κ1) is 17.2. The number of anilines is 1. The minimum absolute atomic E-state index is 0.201. The van der Waals surface area contributed by atoms with Gasteiger partial charge in [0.15, 0.2) is 5.15 Å². The van der Waals surface area contributed by atoms with E-state index in [4.69, 9.17) is 11.6 Å². The van der Waals surface area contributed by atoms with Gasteiger partial charge in [0.25, 0.3) is 0 Å². The topological polar surface area (TPSA) is 57.3 Å². The monoisotopic (exact) mass is 332 g/mol. The smallest absolute Gasteiger partial charge is 0.319 e. The van der Waals surface area contributed by atoms with Crippen LogP contribution in [0.1, 0.15) is 5.56 Å². The van der Waals surface area contributed by atoms with E-state index in [9.17, 15) is 4.79 Å². The predicted octanol–water partition coefficient (Wildman–Crippen LogP) is 3.03. The number of halogens is 1. The van der Waals surface area contributed by atoms with Crippen molar-refractivity contribution in [3.63, 3.8) is 0 Å². The third-order valence-corrected chi connectivity index (χ3v) is 3.85. The van der Waals surface area contributed by atoms with E-state index in [1.54, 1.807) is 18.3 Å². The molecule has 0 saturated carbocycles. The number of urea groups is 1. The maximum atomic E-state index is 12.0. The number of nitrogens with one attached hydrogen (secondary N) is 2. The van der Waals surface area contributed by atoms with Crippen molar-refractivity contribution >= 4 is 23.3 Å². The Morgan fingerprint density at radius 1 is 1.22 bits per heavy atom. The first-order valence-electron chi connectivity index (χ1n) is 7.42. The standard InChI is InChI=1S/C17H21ClN4O/c1-22(2)14(11-13-7-4-3-5-8-13)12-20-17(23)21-15-9-6-10-19-16(15)18/h3-10,14H,11-12H2,1-2H3,(H2,20,21,23)/t14-/m1/s1. The highest BCUT2D eigenvalue weighted by atomic mass is 35.5. The molecule has 0 spiro atoms. The van der Waals surface area contributed by atoms with Crippen molar-refractivity contribution in [1.82, 2.24) is 15.2 Å². The SMILES string of the molecule is CN(C)[C@@H](CNC(=O)Nc1cccnc1Cl)Cc1ccccc1.